The fraction of sp³-hybridized carbons (Fsp3) is 0.308. The number of aromatic nitrogens is 4. The maximum Gasteiger partial charge on any atom is 0.303 e. The number of carboxylic acid groups (broad SMARTS) is 1. The number of aryl methyl sites for hydroxylation is 1. The third-order valence-electron chi connectivity index (χ3n) is 5.76. The van der Waals surface area contributed by atoms with Crippen LogP contribution in [0, 0.1) is 0 Å². The lowest BCUT2D eigenvalue weighted by atomic mass is 10.1. The van der Waals surface area contributed by atoms with Crippen molar-refractivity contribution >= 4 is 28.4 Å². The highest BCUT2D eigenvalue weighted by molar-refractivity contribution is 5.82. The van der Waals surface area contributed by atoms with Crippen molar-refractivity contribution in [1.29, 1.82) is 0 Å². The van der Waals surface area contributed by atoms with Crippen LogP contribution in [0.1, 0.15) is 25.7 Å². The Morgan fingerprint density at radius 3 is 2.40 bits per heavy atom. The smallest absolute Gasteiger partial charge is 0.303 e. The first-order valence-corrected chi connectivity index (χ1v) is 11.4. The van der Waals surface area contributed by atoms with Gasteiger partial charge < -0.3 is 19.5 Å². The molecule has 0 amide bonds. The molecule has 2 heterocycles. The quantitative estimate of drug-likeness (QED) is 0.308. The summed E-state index contributed by atoms with van der Waals surface area (Å²) in [4.78, 5) is 22.5. The second kappa shape index (κ2) is 10.9. The SMILES string of the molecule is COc1cc(OC)cc(N(CCCCCC(=O)O)c2ccc3ncc(-c4cnn(C)c4)nc3c2)c1. The zero-order chi connectivity index (χ0) is 24.8. The van der Waals surface area contributed by atoms with E-state index in [4.69, 9.17) is 19.6 Å². The van der Waals surface area contributed by atoms with Gasteiger partial charge in [0.25, 0.3) is 0 Å². The Morgan fingerprint density at radius 2 is 1.74 bits per heavy atom. The second-order valence-corrected chi connectivity index (χ2v) is 8.26. The lowest BCUT2D eigenvalue weighted by Gasteiger charge is -2.26. The molecule has 0 saturated heterocycles. The molecule has 0 fully saturated rings. The van der Waals surface area contributed by atoms with E-state index in [1.54, 1.807) is 31.3 Å². The molecule has 0 radical (unpaired) electrons. The Labute approximate surface area is 204 Å². The normalized spacial score (nSPS) is 10.9. The Hall–Kier alpha value is -4.14. The molecule has 0 aliphatic carbocycles. The van der Waals surface area contributed by atoms with Gasteiger partial charge in [-0.15, -0.1) is 0 Å². The van der Waals surface area contributed by atoms with Crippen molar-refractivity contribution in [2.75, 3.05) is 25.7 Å². The van der Waals surface area contributed by atoms with E-state index in [1.165, 1.54) is 0 Å². The fourth-order valence-corrected chi connectivity index (χ4v) is 3.94. The largest absolute Gasteiger partial charge is 0.497 e. The van der Waals surface area contributed by atoms with E-state index in [9.17, 15) is 4.79 Å². The summed E-state index contributed by atoms with van der Waals surface area (Å²) in [5.74, 6) is 0.612. The molecule has 2 aromatic heterocycles. The molecular weight excluding hydrogens is 446 g/mol. The summed E-state index contributed by atoms with van der Waals surface area (Å²) < 4.78 is 12.7. The number of aliphatic carboxylic acids is 1. The molecule has 0 unspecified atom stereocenters. The number of anilines is 2. The van der Waals surface area contributed by atoms with Crippen molar-refractivity contribution in [3.8, 4) is 22.8 Å². The molecule has 0 aliphatic rings. The van der Waals surface area contributed by atoms with Crippen LogP contribution in [0.3, 0.4) is 0 Å². The standard InChI is InChI=1S/C26H29N5O4/c1-30-17-18(15-28-30)25-16-27-23-9-8-19(13-24(23)29-25)31(10-6-4-5-7-26(32)33)20-11-21(34-2)14-22(12-20)35-3/h8-9,11-17H,4-7,10H2,1-3H3,(H,32,33). The lowest BCUT2D eigenvalue weighted by Crippen LogP contribution is -2.19. The fourth-order valence-electron chi connectivity index (χ4n) is 3.94. The van der Waals surface area contributed by atoms with Crippen LogP contribution in [-0.4, -0.2) is 51.6 Å². The van der Waals surface area contributed by atoms with Crippen molar-refractivity contribution < 1.29 is 19.4 Å². The number of nitrogens with zero attached hydrogens (tertiary/aromatic N) is 5. The molecule has 4 aromatic rings. The maximum absolute atomic E-state index is 10.9. The molecule has 0 atom stereocenters. The zero-order valence-electron chi connectivity index (χ0n) is 20.1. The Morgan fingerprint density at radius 1 is 0.971 bits per heavy atom. The Bertz CT molecular complexity index is 1300. The first kappa shape index (κ1) is 24.0. The van der Waals surface area contributed by atoms with Crippen LogP contribution in [0.2, 0.25) is 0 Å². The van der Waals surface area contributed by atoms with Crippen LogP contribution < -0.4 is 14.4 Å². The van der Waals surface area contributed by atoms with Crippen LogP contribution in [0.5, 0.6) is 11.5 Å². The highest BCUT2D eigenvalue weighted by Crippen LogP contribution is 2.34. The average Bonchev–Trinajstić information content (AvgIpc) is 3.31. The maximum atomic E-state index is 10.9. The highest BCUT2D eigenvalue weighted by atomic mass is 16.5. The van der Waals surface area contributed by atoms with Crippen LogP contribution in [0.4, 0.5) is 11.4 Å². The van der Waals surface area contributed by atoms with Crippen molar-refractivity contribution in [3.05, 3.63) is 55.0 Å². The number of benzene rings is 2. The molecule has 2 aromatic carbocycles. The summed E-state index contributed by atoms with van der Waals surface area (Å²) in [5, 5.41) is 13.2. The molecular formula is C26H29N5O4. The van der Waals surface area contributed by atoms with Gasteiger partial charge in [0.15, 0.2) is 0 Å². The molecule has 0 saturated carbocycles. The number of carboxylic acids is 1. The number of hydrogen-bond acceptors (Lipinski definition) is 7. The van der Waals surface area contributed by atoms with Crippen LogP contribution in [0.15, 0.2) is 55.0 Å². The van der Waals surface area contributed by atoms with Gasteiger partial charge in [-0.1, -0.05) is 6.42 Å². The van der Waals surface area contributed by atoms with Crippen molar-refractivity contribution in [1.82, 2.24) is 19.7 Å². The summed E-state index contributed by atoms with van der Waals surface area (Å²) >= 11 is 0. The number of unbranched alkanes of at least 4 members (excludes halogenated alkanes) is 2. The van der Waals surface area contributed by atoms with Crippen molar-refractivity contribution in [2.45, 2.75) is 25.7 Å². The van der Waals surface area contributed by atoms with Crippen LogP contribution >= 0.6 is 0 Å². The van der Waals surface area contributed by atoms with Crippen molar-refractivity contribution in [2.24, 2.45) is 7.05 Å². The molecule has 9 nitrogen and oxygen atoms in total. The topological polar surface area (TPSA) is 103 Å². The van der Waals surface area contributed by atoms with E-state index in [-0.39, 0.29) is 6.42 Å². The molecule has 0 aliphatic heterocycles. The summed E-state index contributed by atoms with van der Waals surface area (Å²) in [6.07, 6.45) is 7.89. The summed E-state index contributed by atoms with van der Waals surface area (Å²) in [7, 11) is 5.12. The van der Waals surface area contributed by atoms with Gasteiger partial charge in [-0.05, 0) is 31.0 Å². The number of fused-ring (bicyclic) bond motifs is 1. The Balaban J connectivity index is 1.69. The third kappa shape index (κ3) is 5.87. The average molecular weight is 476 g/mol. The highest BCUT2D eigenvalue weighted by Gasteiger charge is 2.15. The van der Waals surface area contributed by atoms with E-state index in [1.807, 2.05) is 49.6 Å². The summed E-state index contributed by atoms with van der Waals surface area (Å²) in [5.41, 5.74) is 5.09. The molecule has 9 heteroatoms. The minimum atomic E-state index is -0.767. The molecule has 1 N–H and O–H groups in total. The van der Waals surface area contributed by atoms with Gasteiger partial charge in [-0.25, -0.2) is 4.98 Å². The monoisotopic (exact) mass is 475 g/mol. The summed E-state index contributed by atoms with van der Waals surface area (Å²) in [6, 6.07) is 11.7. The second-order valence-electron chi connectivity index (χ2n) is 8.26. The van der Waals surface area contributed by atoms with E-state index >= 15 is 0 Å². The number of carbonyl (C=O) groups is 1. The molecule has 0 bridgehead atoms. The van der Waals surface area contributed by atoms with E-state index in [0.717, 1.165) is 46.5 Å². The Kier molecular flexibility index (Phi) is 7.45. The van der Waals surface area contributed by atoms with Crippen LogP contribution in [0.25, 0.3) is 22.3 Å². The molecule has 35 heavy (non-hydrogen) atoms. The van der Waals surface area contributed by atoms with E-state index < -0.39 is 5.97 Å². The van der Waals surface area contributed by atoms with Gasteiger partial charge in [0.05, 0.1) is 43.3 Å². The number of hydrogen-bond donors (Lipinski definition) is 1. The molecule has 182 valence electrons. The van der Waals surface area contributed by atoms with Gasteiger partial charge in [0, 0.05) is 61.3 Å². The van der Waals surface area contributed by atoms with E-state index in [2.05, 4.69) is 15.0 Å². The summed E-state index contributed by atoms with van der Waals surface area (Å²) in [6.45, 7) is 0.692. The van der Waals surface area contributed by atoms with Gasteiger partial charge in [-0.3, -0.25) is 14.5 Å². The van der Waals surface area contributed by atoms with Gasteiger partial charge in [0.1, 0.15) is 11.5 Å². The first-order valence-electron chi connectivity index (χ1n) is 11.4. The lowest BCUT2D eigenvalue weighted by molar-refractivity contribution is -0.137. The number of methoxy groups -OCH3 is 2. The number of rotatable bonds is 11. The zero-order valence-corrected chi connectivity index (χ0v) is 20.1. The van der Waals surface area contributed by atoms with Crippen LogP contribution in [-0.2, 0) is 11.8 Å². The molecule has 0 spiro atoms. The van der Waals surface area contributed by atoms with Gasteiger partial charge >= 0.3 is 5.97 Å². The van der Waals surface area contributed by atoms with Gasteiger partial charge in [-0.2, -0.15) is 5.10 Å². The molecule has 4 rings (SSSR count). The van der Waals surface area contributed by atoms with E-state index in [0.29, 0.717) is 24.5 Å². The number of ether oxygens (including phenoxy) is 2. The van der Waals surface area contributed by atoms with Crippen molar-refractivity contribution in [3.63, 3.8) is 0 Å². The van der Waals surface area contributed by atoms with Gasteiger partial charge in [0.2, 0.25) is 0 Å². The predicted molar refractivity (Wildman–Crippen MR) is 134 cm³/mol. The minimum Gasteiger partial charge on any atom is -0.497 e. The first-order chi connectivity index (χ1) is 17.0. The third-order valence-corrected chi connectivity index (χ3v) is 5.76. The minimum absolute atomic E-state index is 0.176. The predicted octanol–water partition coefficient (Wildman–Crippen LogP) is 4.83.